The van der Waals surface area contributed by atoms with E-state index >= 15 is 0 Å². The summed E-state index contributed by atoms with van der Waals surface area (Å²) in [5, 5.41) is 6.59. The number of aromatic nitrogens is 3. The van der Waals surface area contributed by atoms with Gasteiger partial charge in [0.25, 0.3) is 0 Å². The number of hydrogen-bond acceptors (Lipinski definition) is 5. The summed E-state index contributed by atoms with van der Waals surface area (Å²) < 4.78 is 0. The van der Waals surface area contributed by atoms with Crippen molar-refractivity contribution in [1.82, 2.24) is 15.0 Å². The van der Waals surface area contributed by atoms with Crippen LogP contribution in [0.25, 0.3) is 22.2 Å². The van der Waals surface area contributed by atoms with E-state index in [1.54, 1.807) is 25.5 Å². The van der Waals surface area contributed by atoms with Crippen LogP contribution in [-0.2, 0) is 4.79 Å². The average Bonchev–Trinajstić information content (AvgIpc) is 2.60. The Morgan fingerprint density at radius 3 is 2.87 bits per heavy atom. The number of anilines is 2. The third-order valence-electron chi connectivity index (χ3n) is 3.31. The highest BCUT2D eigenvalue weighted by Gasteiger charge is 2.05. The van der Waals surface area contributed by atoms with Crippen LogP contribution in [0.5, 0.6) is 0 Å². The molecule has 2 N–H and O–H groups in total. The number of carbonyl (C=O) groups is 1. The molecule has 0 radical (unpaired) electrons. The van der Waals surface area contributed by atoms with E-state index < -0.39 is 0 Å². The zero-order valence-electron chi connectivity index (χ0n) is 12.6. The van der Waals surface area contributed by atoms with E-state index in [9.17, 15) is 4.79 Å². The summed E-state index contributed by atoms with van der Waals surface area (Å²) in [6, 6.07) is 9.38. The maximum atomic E-state index is 11.4. The fourth-order valence-corrected chi connectivity index (χ4v) is 2.16. The van der Waals surface area contributed by atoms with Crippen LogP contribution in [0.3, 0.4) is 0 Å². The van der Waals surface area contributed by atoms with Crippen LogP contribution < -0.4 is 10.6 Å². The SMILES string of the molecule is C=CC(=O)Nc1ccnc(-c2ccc3cnc(NC)nc3c2)c1. The molecule has 1 amide bonds. The third-order valence-corrected chi connectivity index (χ3v) is 3.31. The van der Waals surface area contributed by atoms with E-state index in [0.29, 0.717) is 11.6 Å². The Hall–Kier alpha value is -3.28. The van der Waals surface area contributed by atoms with Gasteiger partial charge in [0.1, 0.15) is 0 Å². The summed E-state index contributed by atoms with van der Waals surface area (Å²) in [7, 11) is 1.78. The normalized spacial score (nSPS) is 10.3. The van der Waals surface area contributed by atoms with Crippen molar-refractivity contribution >= 4 is 28.4 Å². The molecular formula is C17H15N5O. The second-order valence-corrected chi connectivity index (χ2v) is 4.84. The Labute approximate surface area is 133 Å². The van der Waals surface area contributed by atoms with Gasteiger partial charge in [-0.1, -0.05) is 18.7 Å². The number of pyridine rings is 1. The van der Waals surface area contributed by atoms with E-state index in [4.69, 9.17) is 0 Å². The fraction of sp³-hybridized carbons (Fsp3) is 0.0588. The van der Waals surface area contributed by atoms with Crippen molar-refractivity contribution in [3.63, 3.8) is 0 Å². The second kappa shape index (κ2) is 6.23. The molecule has 3 rings (SSSR count). The first-order chi connectivity index (χ1) is 11.2. The molecule has 0 aliphatic heterocycles. The summed E-state index contributed by atoms with van der Waals surface area (Å²) in [5.41, 5.74) is 3.15. The van der Waals surface area contributed by atoms with Crippen LogP contribution >= 0.6 is 0 Å². The van der Waals surface area contributed by atoms with Gasteiger partial charge in [0.2, 0.25) is 11.9 Å². The first-order valence-electron chi connectivity index (χ1n) is 7.04. The third kappa shape index (κ3) is 3.16. The summed E-state index contributed by atoms with van der Waals surface area (Å²) in [6.07, 6.45) is 4.65. The van der Waals surface area contributed by atoms with Crippen molar-refractivity contribution < 1.29 is 4.79 Å². The van der Waals surface area contributed by atoms with Crippen molar-refractivity contribution in [3.8, 4) is 11.3 Å². The minimum Gasteiger partial charge on any atom is -0.357 e. The highest BCUT2D eigenvalue weighted by Crippen LogP contribution is 2.24. The number of fused-ring (bicyclic) bond motifs is 1. The highest BCUT2D eigenvalue weighted by molar-refractivity contribution is 5.99. The number of nitrogens with one attached hydrogen (secondary N) is 2. The first-order valence-corrected chi connectivity index (χ1v) is 7.04. The summed E-state index contributed by atoms with van der Waals surface area (Å²) in [5.74, 6) is 0.307. The largest absolute Gasteiger partial charge is 0.357 e. The van der Waals surface area contributed by atoms with Gasteiger partial charge in [-0.3, -0.25) is 9.78 Å². The Bertz CT molecular complexity index is 891. The Balaban J connectivity index is 2.00. The number of amides is 1. The van der Waals surface area contributed by atoms with Crippen LogP contribution in [0.4, 0.5) is 11.6 Å². The van der Waals surface area contributed by atoms with Crippen molar-refractivity contribution in [1.29, 1.82) is 0 Å². The molecule has 0 saturated heterocycles. The molecule has 6 nitrogen and oxygen atoms in total. The molecule has 0 saturated carbocycles. The zero-order valence-corrected chi connectivity index (χ0v) is 12.6. The van der Waals surface area contributed by atoms with E-state index in [2.05, 4.69) is 32.2 Å². The van der Waals surface area contributed by atoms with Crippen molar-refractivity contribution in [3.05, 3.63) is 55.4 Å². The van der Waals surface area contributed by atoms with Gasteiger partial charge in [0.05, 0.1) is 11.2 Å². The molecular weight excluding hydrogens is 290 g/mol. The topological polar surface area (TPSA) is 79.8 Å². The smallest absolute Gasteiger partial charge is 0.247 e. The molecule has 3 aromatic rings. The lowest BCUT2D eigenvalue weighted by molar-refractivity contribution is -0.111. The fourth-order valence-electron chi connectivity index (χ4n) is 2.16. The Morgan fingerprint density at radius 2 is 2.09 bits per heavy atom. The Kier molecular flexibility index (Phi) is 3.97. The molecule has 114 valence electrons. The zero-order chi connectivity index (χ0) is 16.2. The lowest BCUT2D eigenvalue weighted by Crippen LogP contribution is -2.07. The van der Waals surface area contributed by atoms with Crippen LogP contribution in [-0.4, -0.2) is 27.9 Å². The predicted molar refractivity (Wildman–Crippen MR) is 91.1 cm³/mol. The first kappa shape index (κ1) is 14.6. The number of hydrogen-bond donors (Lipinski definition) is 2. The monoisotopic (exact) mass is 305 g/mol. The molecule has 0 unspecified atom stereocenters. The van der Waals surface area contributed by atoms with E-state index in [-0.39, 0.29) is 5.91 Å². The minimum absolute atomic E-state index is 0.257. The molecule has 0 spiro atoms. The number of benzene rings is 1. The van der Waals surface area contributed by atoms with Crippen LogP contribution in [0.1, 0.15) is 0 Å². The summed E-state index contributed by atoms with van der Waals surface area (Å²) in [4.78, 5) is 24.4. The van der Waals surface area contributed by atoms with Gasteiger partial charge in [-0.2, -0.15) is 0 Å². The molecule has 0 fully saturated rings. The van der Waals surface area contributed by atoms with Crippen LogP contribution in [0, 0.1) is 0 Å². The molecule has 23 heavy (non-hydrogen) atoms. The van der Waals surface area contributed by atoms with E-state index in [0.717, 1.165) is 22.2 Å². The molecule has 2 heterocycles. The molecule has 0 aliphatic carbocycles. The van der Waals surface area contributed by atoms with Crippen molar-refractivity contribution in [2.24, 2.45) is 0 Å². The number of carbonyl (C=O) groups excluding carboxylic acids is 1. The molecule has 0 bridgehead atoms. The van der Waals surface area contributed by atoms with Crippen LogP contribution in [0.2, 0.25) is 0 Å². The Morgan fingerprint density at radius 1 is 1.22 bits per heavy atom. The molecule has 6 heteroatoms. The number of nitrogens with zero attached hydrogens (tertiary/aromatic N) is 3. The van der Waals surface area contributed by atoms with Crippen molar-refractivity contribution in [2.45, 2.75) is 0 Å². The van der Waals surface area contributed by atoms with Gasteiger partial charge in [-0.25, -0.2) is 9.97 Å². The lowest BCUT2D eigenvalue weighted by Gasteiger charge is -2.07. The number of rotatable bonds is 4. The van der Waals surface area contributed by atoms with E-state index in [1.807, 2.05) is 24.3 Å². The maximum Gasteiger partial charge on any atom is 0.247 e. The van der Waals surface area contributed by atoms with Gasteiger partial charge in [-0.05, 0) is 24.3 Å². The van der Waals surface area contributed by atoms with Crippen molar-refractivity contribution in [2.75, 3.05) is 17.7 Å². The average molecular weight is 305 g/mol. The van der Waals surface area contributed by atoms with Gasteiger partial charge < -0.3 is 10.6 Å². The highest BCUT2D eigenvalue weighted by atomic mass is 16.1. The molecule has 0 atom stereocenters. The molecule has 2 aromatic heterocycles. The summed E-state index contributed by atoms with van der Waals surface area (Å²) >= 11 is 0. The van der Waals surface area contributed by atoms with Crippen LogP contribution in [0.15, 0.2) is 55.4 Å². The lowest BCUT2D eigenvalue weighted by atomic mass is 10.1. The minimum atomic E-state index is -0.257. The molecule has 0 aliphatic rings. The van der Waals surface area contributed by atoms with Gasteiger partial charge >= 0.3 is 0 Å². The predicted octanol–water partition coefficient (Wildman–Crippen LogP) is 2.86. The summed E-state index contributed by atoms with van der Waals surface area (Å²) in [6.45, 7) is 3.44. The standard InChI is InChI=1S/C17H15N5O/c1-3-16(23)21-13-6-7-19-14(9-13)11-4-5-12-10-20-17(18-2)22-15(12)8-11/h3-10H,1H2,2H3,(H,18,20,22)(H,19,21,23). The second-order valence-electron chi connectivity index (χ2n) is 4.84. The molecule has 1 aromatic carbocycles. The van der Waals surface area contributed by atoms with Gasteiger partial charge in [-0.15, -0.1) is 0 Å². The van der Waals surface area contributed by atoms with Gasteiger partial charge in [0.15, 0.2) is 0 Å². The van der Waals surface area contributed by atoms with Gasteiger partial charge in [0, 0.05) is 36.1 Å². The van der Waals surface area contributed by atoms with E-state index in [1.165, 1.54) is 6.08 Å². The quantitative estimate of drug-likeness (QED) is 0.725. The maximum absolute atomic E-state index is 11.4.